The highest BCUT2D eigenvalue weighted by Crippen LogP contribution is 2.27. The second-order valence-corrected chi connectivity index (χ2v) is 5.28. The van der Waals surface area contributed by atoms with Crippen molar-refractivity contribution >= 4 is 11.6 Å². The molecule has 108 valence electrons. The van der Waals surface area contributed by atoms with Crippen molar-refractivity contribution in [3.8, 4) is 6.07 Å². The lowest BCUT2D eigenvalue weighted by molar-refractivity contribution is 0.443. The summed E-state index contributed by atoms with van der Waals surface area (Å²) in [6.07, 6.45) is 3.36. The molecule has 1 aromatic carbocycles. The molecule has 1 aliphatic rings. The fourth-order valence-electron chi connectivity index (χ4n) is 2.36. The van der Waals surface area contributed by atoms with Crippen molar-refractivity contribution in [3.05, 3.63) is 41.2 Å². The highest BCUT2D eigenvalue weighted by atomic mass is 19.1. The molecule has 21 heavy (non-hydrogen) atoms. The van der Waals surface area contributed by atoms with E-state index < -0.39 is 0 Å². The number of hydrogen-bond donors (Lipinski definition) is 2. The van der Waals surface area contributed by atoms with Crippen molar-refractivity contribution in [2.45, 2.75) is 31.8 Å². The summed E-state index contributed by atoms with van der Waals surface area (Å²) >= 11 is 0. The predicted octanol–water partition coefficient (Wildman–Crippen LogP) is 2.49. The summed E-state index contributed by atoms with van der Waals surface area (Å²) in [7, 11) is 0. The molecule has 1 fully saturated rings. The molecule has 0 spiro atoms. The summed E-state index contributed by atoms with van der Waals surface area (Å²) in [4.78, 5) is 0. The second-order valence-electron chi connectivity index (χ2n) is 5.28. The van der Waals surface area contributed by atoms with Gasteiger partial charge in [0.2, 0.25) is 0 Å². The molecule has 0 saturated heterocycles. The number of nitrogens with two attached hydrogens (primary N) is 1. The van der Waals surface area contributed by atoms with Crippen LogP contribution in [0.25, 0.3) is 0 Å². The average molecular weight is 285 g/mol. The Morgan fingerprint density at radius 2 is 2.29 bits per heavy atom. The summed E-state index contributed by atoms with van der Waals surface area (Å²) in [5, 5.41) is 16.9. The summed E-state index contributed by atoms with van der Waals surface area (Å²) < 4.78 is 14.8. The zero-order chi connectivity index (χ0) is 14.8. The topological polar surface area (TPSA) is 79.7 Å². The molecule has 0 atom stereocenters. The molecule has 0 aliphatic heterocycles. The molecule has 0 radical (unpaired) electrons. The van der Waals surface area contributed by atoms with Crippen molar-refractivity contribution in [1.82, 2.24) is 9.78 Å². The first-order valence-corrected chi connectivity index (χ1v) is 6.94. The van der Waals surface area contributed by atoms with E-state index in [-0.39, 0.29) is 5.82 Å². The molecular weight excluding hydrogens is 269 g/mol. The van der Waals surface area contributed by atoms with E-state index in [0.717, 1.165) is 18.4 Å². The van der Waals surface area contributed by atoms with Crippen LogP contribution in [0.15, 0.2) is 24.3 Å². The normalized spacial score (nSPS) is 14.5. The lowest BCUT2D eigenvalue weighted by Crippen LogP contribution is -2.27. The Balaban J connectivity index is 1.86. The lowest BCUT2D eigenvalue weighted by Gasteiger charge is -2.26. The predicted molar refractivity (Wildman–Crippen MR) is 78.1 cm³/mol. The van der Waals surface area contributed by atoms with Gasteiger partial charge in [-0.05, 0) is 37.0 Å². The van der Waals surface area contributed by atoms with Crippen LogP contribution in [0.5, 0.6) is 0 Å². The number of nitrogens with zero attached hydrogens (tertiary/aromatic N) is 3. The van der Waals surface area contributed by atoms with Gasteiger partial charge in [-0.2, -0.15) is 10.4 Å². The average Bonchev–Trinajstić information content (AvgIpc) is 2.70. The molecular formula is C15H16FN5. The van der Waals surface area contributed by atoms with Crippen molar-refractivity contribution in [1.29, 1.82) is 5.26 Å². The van der Waals surface area contributed by atoms with Gasteiger partial charge < -0.3 is 11.1 Å². The third-order valence-electron chi connectivity index (χ3n) is 3.77. The Morgan fingerprint density at radius 1 is 1.48 bits per heavy atom. The summed E-state index contributed by atoms with van der Waals surface area (Å²) in [5.41, 5.74) is 7.09. The molecule has 1 heterocycles. The van der Waals surface area contributed by atoms with Crippen molar-refractivity contribution in [3.63, 3.8) is 0 Å². The van der Waals surface area contributed by atoms with E-state index in [4.69, 9.17) is 5.73 Å². The number of nitriles is 1. The first-order chi connectivity index (χ1) is 10.2. The highest BCUT2D eigenvalue weighted by Gasteiger charge is 2.22. The van der Waals surface area contributed by atoms with E-state index in [1.165, 1.54) is 23.2 Å². The van der Waals surface area contributed by atoms with Gasteiger partial charge in [0.1, 0.15) is 23.3 Å². The molecule has 1 aliphatic carbocycles. The summed E-state index contributed by atoms with van der Waals surface area (Å²) in [6.45, 7) is 0.338. The maximum absolute atomic E-state index is 13.2. The summed E-state index contributed by atoms with van der Waals surface area (Å²) in [6, 6.07) is 8.73. The largest absolute Gasteiger partial charge is 0.383 e. The minimum atomic E-state index is -0.299. The smallest absolute Gasteiger partial charge is 0.168 e. The van der Waals surface area contributed by atoms with Crippen LogP contribution >= 0.6 is 0 Å². The van der Waals surface area contributed by atoms with Crippen LogP contribution in [-0.2, 0) is 6.54 Å². The molecule has 0 amide bonds. The molecule has 3 rings (SSSR count). The Bertz CT molecular complexity index is 697. The number of halogens is 1. The maximum Gasteiger partial charge on any atom is 0.168 e. The summed E-state index contributed by atoms with van der Waals surface area (Å²) in [5.74, 6) is 0.534. The Labute approximate surface area is 122 Å². The minimum Gasteiger partial charge on any atom is -0.383 e. The van der Waals surface area contributed by atoms with E-state index in [0.29, 0.717) is 29.8 Å². The Hall–Kier alpha value is -2.55. The highest BCUT2D eigenvalue weighted by molar-refractivity contribution is 5.64. The van der Waals surface area contributed by atoms with Gasteiger partial charge in [-0.25, -0.2) is 9.07 Å². The van der Waals surface area contributed by atoms with Crippen LogP contribution in [0.3, 0.4) is 0 Å². The van der Waals surface area contributed by atoms with Crippen molar-refractivity contribution in [2.75, 3.05) is 11.1 Å². The van der Waals surface area contributed by atoms with E-state index >= 15 is 0 Å². The van der Waals surface area contributed by atoms with Crippen LogP contribution < -0.4 is 11.1 Å². The van der Waals surface area contributed by atoms with Gasteiger partial charge in [0.25, 0.3) is 0 Å². The monoisotopic (exact) mass is 285 g/mol. The van der Waals surface area contributed by atoms with Crippen LogP contribution in [0.1, 0.15) is 30.4 Å². The minimum absolute atomic E-state index is 0.299. The molecule has 5 nitrogen and oxygen atoms in total. The third kappa shape index (κ3) is 2.68. The van der Waals surface area contributed by atoms with Crippen LogP contribution in [0, 0.1) is 17.1 Å². The number of hydrogen-bond acceptors (Lipinski definition) is 4. The van der Waals surface area contributed by atoms with E-state index in [9.17, 15) is 9.65 Å². The van der Waals surface area contributed by atoms with Gasteiger partial charge in [-0.1, -0.05) is 12.1 Å². The van der Waals surface area contributed by atoms with Crippen molar-refractivity contribution < 1.29 is 4.39 Å². The number of aromatic nitrogens is 2. The van der Waals surface area contributed by atoms with Gasteiger partial charge in [0.15, 0.2) is 5.82 Å². The number of benzene rings is 1. The first-order valence-electron chi connectivity index (χ1n) is 6.94. The fraction of sp³-hybridized carbons (Fsp3) is 0.333. The number of nitrogens with one attached hydrogen (secondary N) is 1. The number of nitrogen functional groups attached to an aromatic ring is 1. The molecule has 0 unspecified atom stereocenters. The standard InChI is InChI=1S/C15H16FN5/c16-11-4-1-3-10(7-11)9-21-14(18)13(8-17)15(20-21)19-12-5-2-6-12/h1,3-4,7,12H,2,5-6,9,18H2,(H,19,20). The van der Waals surface area contributed by atoms with Gasteiger partial charge >= 0.3 is 0 Å². The third-order valence-corrected chi connectivity index (χ3v) is 3.77. The lowest BCUT2D eigenvalue weighted by atomic mass is 9.93. The quantitative estimate of drug-likeness (QED) is 0.904. The molecule has 1 aromatic heterocycles. The van der Waals surface area contributed by atoms with Crippen molar-refractivity contribution in [2.24, 2.45) is 0 Å². The van der Waals surface area contributed by atoms with Gasteiger partial charge in [0.05, 0.1) is 6.54 Å². The van der Waals surface area contributed by atoms with Crippen LogP contribution in [-0.4, -0.2) is 15.8 Å². The zero-order valence-electron chi connectivity index (χ0n) is 11.5. The molecule has 1 saturated carbocycles. The molecule has 2 aromatic rings. The van der Waals surface area contributed by atoms with Crippen LogP contribution in [0.2, 0.25) is 0 Å². The van der Waals surface area contributed by atoms with Gasteiger partial charge in [-0.3, -0.25) is 0 Å². The SMILES string of the molecule is N#Cc1c(NC2CCC2)nn(Cc2cccc(F)c2)c1N. The van der Waals surface area contributed by atoms with Crippen LogP contribution in [0.4, 0.5) is 16.0 Å². The Kier molecular flexibility index (Phi) is 3.48. The molecule has 3 N–H and O–H groups in total. The van der Waals surface area contributed by atoms with E-state index in [2.05, 4.69) is 16.5 Å². The molecule has 0 bridgehead atoms. The van der Waals surface area contributed by atoms with Gasteiger partial charge in [0, 0.05) is 6.04 Å². The zero-order valence-corrected chi connectivity index (χ0v) is 11.5. The second kappa shape index (κ2) is 5.44. The number of anilines is 2. The number of rotatable bonds is 4. The molecule has 6 heteroatoms. The fourth-order valence-corrected chi connectivity index (χ4v) is 2.36. The van der Waals surface area contributed by atoms with E-state index in [1.807, 2.05) is 0 Å². The maximum atomic E-state index is 13.2. The van der Waals surface area contributed by atoms with Gasteiger partial charge in [-0.15, -0.1) is 0 Å². The Morgan fingerprint density at radius 3 is 2.90 bits per heavy atom. The van der Waals surface area contributed by atoms with E-state index in [1.54, 1.807) is 12.1 Å². The first kappa shape index (κ1) is 13.4.